The summed E-state index contributed by atoms with van der Waals surface area (Å²) in [4.78, 5) is 11.6. The van der Waals surface area contributed by atoms with Crippen molar-refractivity contribution in [2.24, 2.45) is 0 Å². The lowest BCUT2D eigenvalue weighted by atomic mass is 9.88. The van der Waals surface area contributed by atoms with E-state index in [0.717, 1.165) is 5.56 Å². The van der Waals surface area contributed by atoms with Crippen molar-refractivity contribution in [1.29, 1.82) is 0 Å². The van der Waals surface area contributed by atoms with Gasteiger partial charge >= 0.3 is 5.76 Å². The predicted molar refractivity (Wildman–Crippen MR) is 112 cm³/mol. The normalized spacial score (nSPS) is 21.1. The molecule has 0 amide bonds. The summed E-state index contributed by atoms with van der Waals surface area (Å²) in [5.41, 5.74) is 1.87. The van der Waals surface area contributed by atoms with Crippen LogP contribution in [-0.2, 0) is 19.7 Å². The number of ether oxygens (including phenoxy) is 2. The summed E-state index contributed by atoms with van der Waals surface area (Å²) in [6.45, 7) is 6.64. The van der Waals surface area contributed by atoms with Gasteiger partial charge in [0.05, 0.1) is 13.2 Å². The molecule has 3 heterocycles. The van der Waals surface area contributed by atoms with Crippen LogP contribution < -0.4 is 10.5 Å². The third-order valence-electron chi connectivity index (χ3n) is 6.32. The molecule has 2 aliphatic heterocycles. The Balaban J connectivity index is 1.62. The summed E-state index contributed by atoms with van der Waals surface area (Å²) in [6.07, 6.45) is 0.800. The number of nitrogens with one attached hydrogen (secondary N) is 2. The van der Waals surface area contributed by atoms with Crippen molar-refractivity contribution < 1.29 is 26.7 Å². The van der Waals surface area contributed by atoms with Crippen LogP contribution in [0, 0.1) is 19.7 Å². The molecule has 2 N–H and O–H groups in total. The van der Waals surface area contributed by atoms with E-state index in [0.29, 0.717) is 37.2 Å². The van der Waals surface area contributed by atoms with Crippen LogP contribution in [0.2, 0.25) is 0 Å². The number of piperidine rings is 1. The van der Waals surface area contributed by atoms with E-state index in [-0.39, 0.29) is 19.0 Å². The molecule has 1 aromatic heterocycles. The largest absolute Gasteiger partial charge is 0.434 e. The third-order valence-corrected chi connectivity index (χ3v) is 7.92. The second kappa shape index (κ2) is 8.67. The number of benzene rings is 1. The summed E-state index contributed by atoms with van der Waals surface area (Å²) in [5.74, 6) is -2.90. The molecule has 1 spiro atoms. The van der Waals surface area contributed by atoms with Crippen LogP contribution in [0.15, 0.2) is 21.3 Å². The number of hydrogen-bond acceptors (Lipinski definition) is 7. The minimum Gasteiger partial charge on any atom is -0.391 e. The Bertz CT molecular complexity index is 1130. The molecule has 32 heavy (non-hydrogen) atoms. The van der Waals surface area contributed by atoms with E-state index in [1.54, 1.807) is 19.9 Å². The first-order valence-corrected chi connectivity index (χ1v) is 11.9. The maximum Gasteiger partial charge on any atom is 0.434 e. The summed E-state index contributed by atoms with van der Waals surface area (Å²) in [6, 6.07) is 1.89. The Morgan fingerprint density at radius 1 is 1.22 bits per heavy atom. The van der Waals surface area contributed by atoms with E-state index in [9.17, 15) is 17.6 Å². The van der Waals surface area contributed by atoms with Crippen molar-refractivity contribution in [3.63, 3.8) is 0 Å². The quantitative estimate of drug-likeness (QED) is 0.657. The molecule has 0 bridgehead atoms. The van der Waals surface area contributed by atoms with Gasteiger partial charge in [-0.05, 0) is 36.6 Å². The van der Waals surface area contributed by atoms with Gasteiger partial charge in [0.2, 0.25) is 5.89 Å². The van der Waals surface area contributed by atoms with Crippen LogP contribution in [0.3, 0.4) is 0 Å². The molecule has 10 nitrogen and oxygen atoms in total. The summed E-state index contributed by atoms with van der Waals surface area (Å²) >= 11 is 0. The molecule has 2 atom stereocenters. The number of H-pyrrole nitrogens is 1. The molecule has 0 aliphatic carbocycles. The number of aromatic amines is 1. The van der Waals surface area contributed by atoms with Crippen molar-refractivity contribution in [3.05, 3.63) is 51.1 Å². The van der Waals surface area contributed by atoms with Gasteiger partial charge in [0.1, 0.15) is 11.9 Å². The molecule has 0 radical (unpaired) electrons. The molecule has 2 aliphatic rings. The molecule has 2 saturated heterocycles. The van der Waals surface area contributed by atoms with Crippen molar-refractivity contribution in [2.45, 2.75) is 51.4 Å². The van der Waals surface area contributed by atoms with Gasteiger partial charge in [-0.25, -0.2) is 14.3 Å². The van der Waals surface area contributed by atoms with E-state index in [1.165, 1.54) is 10.4 Å². The lowest BCUT2D eigenvalue weighted by Crippen LogP contribution is -2.51. The Morgan fingerprint density at radius 3 is 2.47 bits per heavy atom. The molecule has 176 valence electrons. The number of hydrogen-bond donors (Lipinski definition) is 2. The highest BCUT2D eigenvalue weighted by Gasteiger charge is 2.43. The summed E-state index contributed by atoms with van der Waals surface area (Å²) in [7, 11) is -4.02. The molecule has 4 rings (SSSR count). The molecule has 2 fully saturated rings. The molecule has 1 aromatic carbocycles. The second-order valence-corrected chi connectivity index (χ2v) is 9.95. The van der Waals surface area contributed by atoms with Gasteiger partial charge in [-0.1, -0.05) is 13.0 Å². The average molecular weight is 471 g/mol. The Morgan fingerprint density at radius 2 is 1.88 bits per heavy atom. The standard InChI is InChI=1S/C20H27FN4O6S/c1-12-4-5-15(21)16(13(12)2)14(3)17(18-22-23-19(26)31-18)24-32(27,28)25-8-6-20(7-9-25)29-10-11-30-20/h4-5,14,17,24H,6-11H2,1-3H3,(H,23,26)/t14-,17-/m0/s1. The first-order chi connectivity index (χ1) is 15.1. The number of rotatable bonds is 6. The summed E-state index contributed by atoms with van der Waals surface area (Å²) < 4.78 is 61.5. The Kier molecular flexibility index (Phi) is 6.25. The molecular formula is C20H27FN4O6S. The van der Waals surface area contributed by atoms with Crippen LogP contribution in [0.5, 0.6) is 0 Å². The second-order valence-electron chi connectivity index (χ2n) is 8.25. The lowest BCUT2D eigenvalue weighted by Gasteiger charge is -2.37. The SMILES string of the molecule is Cc1ccc(F)c([C@H](C)[C@H](NS(=O)(=O)N2CCC3(CC2)OCCO3)c2n[nH]c(=O)o2)c1C. The van der Waals surface area contributed by atoms with E-state index < -0.39 is 39.5 Å². The number of aromatic nitrogens is 2. The molecule has 0 saturated carbocycles. The topological polar surface area (TPSA) is 127 Å². The highest BCUT2D eigenvalue weighted by Crippen LogP contribution is 2.36. The van der Waals surface area contributed by atoms with Crippen molar-refractivity contribution >= 4 is 10.2 Å². The number of aryl methyl sites for hydroxylation is 1. The smallest absolute Gasteiger partial charge is 0.391 e. The van der Waals surface area contributed by atoms with Crippen LogP contribution in [0.1, 0.15) is 54.3 Å². The van der Waals surface area contributed by atoms with Crippen molar-refractivity contribution in [1.82, 2.24) is 19.2 Å². The number of halogens is 1. The Labute approximate surface area is 185 Å². The van der Waals surface area contributed by atoms with Gasteiger partial charge in [0.15, 0.2) is 5.79 Å². The fraction of sp³-hybridized carbons (Fsp3) is 0.600. The maximum atomic E-state index is 14.8. The zero-order valence-electron chi connectivity index (χ0n) is 18.2. The van der Waals surface area contributed by atoms with Crippen molar-refractivity contribution in [2.75, 3.05) is 26.3 Å². The van der Waals surface area contributed by atoms with E-state index in [4.69, 9.17) is 13.9 Å². The van der Waals surface area contributed by atoms with Crippen LogP contribution in [0.25, 0.3) is 0 Å². The molecular weight excluding hydrogens is 443 g/mol. The third kappa shape index (κ3) is 4.37. The molecule has 2 aromatic rings. The maximum absolute atomic E-state index is 14.8. The van der Waals surface area contributed by atoms with Crippen molar-refractivity contribution in [3.8, 4) is 0 Å². The van der Waals surface area contributed by atoms with Gasteiger partial charge < -0.3 is 13.9 Å². The average Bonchev–Trinajstić information content (AvgIpc) is 3.39. The van der Waals surface area contributed by atoms with E-state index >= 15 is 0 Å². The lowest BCUT2D eigenvalue weighted by molar-refractivity contribution is -0.179. The molecule has 0 unspecified atom stereocenters. The summed E-state index contributed by atoms with van der Waals surface area (Å²) in [5, 5.41) is 5.97. The first kappa shape index (κ1) is 23.1. The van der Waals surface area contributed by atoms with E-state index in [2.05, 4.69) is 14.9 Å². The van der Waals surface area contributed by atoms with Gasteiger partial charge in [-0.3, -0.25) is 0 Å². The highest BCUT2D eigenvalue weighted by molar-refractivity contribution is 7.87. The van der Waals surface area contributed by atoms with Crippen LogP contribution in [-0.4, -0.2) is 55.0 Å². The van der Waals surface area contributed by atoms with Crippen LogP contribution >= 0.6 is 0 Å². The first-order valence-electron chi connectivity index (χ1n) is 10.5. The van der Waals surface area contributed by atoms with Gasteiger partial charge in [0, 0.05) is 31.8 Å². The fourth-order valence-electron chi connectivity index (χ4n) is 4.36. The zero-order chi connectivity index (χ0) is 23.1. The fourth-order valence-corrected chi connectivity index (χ4v) is 5.80. The minimum atomic E-state index is -4.02. The van der Waals surface area contributed by atoms with Gasteiger partial charge in [-0.2, -0.15) is 17.4 Å². The highest BCUT2D eigenvalue weighted by atomic mass is 32.2. The van der Waals surface area contributed by atoms with Gasteiger partial charge in [-0.15, -0.1) is 5.10 Å². The number of nitrogens with zero attached hydrogens (tertiary/aromatic N) is 2. The zero-order valence-corrected chi connectivity index (χ0v) is 19.0. The Hall–Kier alpha value is -2.12. The molecule has 12 heteroatoms. The van der Waals surface area contributed by atoms with Crippen LogP contribution in [0.4, 0.5) is 4.39 Å². The predicted octanol–water partition coefficient (Wildman–Crippen LogP) is 1.64. The van der Waals surface area contributed by atoms with E-state index in [1.807, 2.05) is 6.92 Å². The van der Waals surface area contributed by atoms with Gasteiger partial charge in [0.25, 0.3) is 10.2 Å². The monoisotopic (exact) mass is 470 g/mol. The minimum absolute atomic E-state index is 0.165.